The van der Waals surface area contributed by atoms with Gasteiger partial charge in [-0.25, -0.2) is 13.4 Å². The Bertz CT molecular complexity index is 1070. The van der Waals surface area contributed by atoms with E-state index in [1.165, 1.54) is 4.31 Å². The summed E-state index contributed by atoms with van der Waals surface area (Å²) in [5.74, 6) is 1.19. The Hall–Kier alpha value is -2.01. The molecule has 1 amide bonds. The molecule has 10 heteroatoms. The molecule has 1 saturated heterocycles. The van der Waals surface area contributed by atoms with Crippen molar-refractivity contribution in [2.45, 2.75) is 51.5 Å². The van der Waals surface area contributed by atoms with Gasteiger partial charge >= 0.3 is 0 Å². The average molecular weight is 494 g/mol. The Morgan fingerprint density at radius 2 is 1.88 bits per heavy atom. The van der Waals surface area contributed by atoms with Crippen molar-refractivity contribution >= 4 is 27.0 Å². The molecule has 0 saturated carbocycles. The molecule has 1 aromatic carbocycles. The monoisotopic (exact) mass is 493 g/mol. The van der Waals surface area contributed by atoms with Gasteiger partial charge in [0.1, 0.15) is 5.82 Å². The number of sulfonamides is 1. The van der Waals surface area contributed by atoms with Crippen LogP contribution in [0.25, 0.3) is 11.0 Å². The molecular formula is C24H39N5O4S. The third-order valence-corrected chi connectivity index (χ3v) is 8.70. The lowest BCUT2D eigenvalue weighted by atomic mass is 10.0. The topological polar surface area (TPSA) is 96.8 Å². The van der Waals surface area contributed by atoms with Crippen LogP contribution in [0.4, 0.5) is 0 Å². The predicted molar refractivity (Wildman–Crippen MR) is 133 cm³/mol. The maximum atomic E-state index is 12.9. The van der Waals surface area contributed by atoms with Gasteiger partial charge in [0, 0.05) is 58.7 Å². The fraction of sp³-hybridized carbons (Fsp3) is 0.667. The molecule has 1 N–H and O–H groups in total. The van der Waals surface area contributed by atoms with Gasteiger partial charge in [-0.3, -0.25) is 9.69 Å². The number of carbonyl (C=O) groups is 1. The second-order valence-electron chi connectivity index (χ2n) is 9.09. The van der Waals surface area contributed by atoms with Crippen molar-refractivity contribution in [1.82, 2.24) is 24.1 Å². The maximum Gasteiger partial charge on any atom is 0.243 e. The van der Waals surface area contributed by atoms with E-state index in [2.05, 4.69) is 29.0 Å². The Labute approximate surface area is 203 Å². The van der Waals surface area contributed by atoms with E-state index in [1.807, 2.05) is 25.5 Å². The second-order valence-corrected chi connectivity index (χ2v) is 11.0. The molecule has 1 aliphatic rings. The maximum absolute atomic E-state index is 12.9. The standard InChI is InChI=1S/C24H39N5O4S/c1-6-29(7-2)34(31,32)19-8-9-21-20(16-19)26-23(27(21)5)10-11-24(30)25-17-22(18(3)4)28-12-14-33-15-13-28/h8-9,16,18,22H,6-7,10-15,17H2,1-5H3,(H,25,30). The molecule has 1 aliphatic heterocycles. The quantitative estimate of drug-likeness (QED) is 0.514. The summed E-state index contributed by atoms with van der Waals surface area (Å²) in [7, 11) is -1.65. The first kappa shape index (κ1) is 26.6. The van der Waals surface area contributed by atoms with Gasteiger partial charge in [0.05, 0.1) is 29.1 Å². The number of aryl methyl sites for hydroxylation is 2. The van der Waals surface area contributed by atoms with E-state index >= 15 is 0 Å². The molecule has 0 radical (unpaired) electrons. The molecule has 1 aromatic heterocycles. The molecule has 1 atom stereocenters. The number of hydrogen-bond acceptors (Lipinski definition) is 6. The molecule has 3 rings (SSSR count). The van der Waals surface area contributed by atoms with E-state index in [0.717, 1.165) is 37.6 Å². The number of rotatable bonds is 11. The number of benzene rings is 1. The van der Waals surface area contributed by atoms with E-state index in [4.69, 9.17) is 4.74 Å². The van der Waals surface area contributed by atoms with Crippen molar-refractivity contribution in [2.24, 2.45) is 13.0 Å². The van der Waals surface area contributed by atoms with E-state index < -0.39 is 10.0 Å². The summed E-state index contributed by atoms with van der Waals surface area (Å²) in [6.45, 7) is 12.7. The van der Waals surface area contributed by atoms with Gasteiger partial charge < -0.3 is 14.6 Å². The average Bonchev–Trinajstić information content (AvgIpc) is 3.13. The fourth-order valence-electron chi connectivity index (χ4n) is 4.55. The summed E-state index contributed by atoms with van der Waals surface area (Å²) < 4.78 is 34.5. The minimum atomic E-state index is -3.55. The van der Waals surface area contributed by atoms with Gasteiger partial charge in [0.25, 0.3) is 0 Å². The molecule has 0 aliphatic carbocycles. The van der Waals surface area contributed by atoms with Gasteiger partial charge in [-0.1, -0.05) is 27.7 Å². The summed E-state index contributed by atoms with van der Waals surface area (Å²) >= 11 is 0. The third kappa shape index (κ3) is 5.97. The number of morpholine rings is 1. The molecule has 1 unspecified atom stereocenters. The molecule has 34 heavy (non-hydrogen) atoms. The van der Waals surface area contributed by atoms with E-state index in [0.29, 0.717) is 43.9 Å². The summed E-state index contributed by atoms with van der Waals surface area (Å²) in [6.07, 6.45) is 0.814. The largest absolute Gasteiger partial charge is 0.379 e. The smallest absolute Gasteiger partial charge is 0.243 e. The first-order valence-corrected chi connectivity index (χ1v) is 13.7. The van der Waals surface area contributed by atoms with Crippen LogP contribution in [-0.4, -0.2) is 85.1 Å². The molecule has 0 bridgehead atoms. The molecule has 2 aromatic rings. The minimum absolute atomic E-state index is 0.00392. The fourth-order valence-corrected chi connectivity index (χ4v) is 6.03. The number of ether oxygens (including phenoxy) is 1. The van der Waals surface area contributed by atoms with Crippen molar-refractivity contribution < 1.29 is 17.9 Å². The zero-order valence-corrected chi connectivity index (χ0v) is 21.9. The Morgan fingerprint density at radius 1 is 1.21 bits per heavy atom. The van der Waals surface area contributed by atoms with E-state index in [1.54, 1.807) is 18.2 Å². The first-order valence-electron chi connectivity index (χ1n) is 12.2. The number of fused-ring (bicyclic) bond motifs is 1. The summed E-state index contributed by atoms with van der Waals surface area (Å²) in [4.78, 5) is 19.9. The van der Waals surface area contributed by atoms with Crippen LogP contribution in [0.5, 0.6) is 0 Å². The van der Waals surface area contributed by atoms with Crippen LogP contribution >= 0.6 is 0 Å². The van der Waals surface area contributed by atoms with Gasteiger partial charge in [-0.2, -0.15) is 4.31 Å². The second kappa shape index (κ2) is 11.6. The molecule has 2 heterocycles. The highest BCUT2D eigenvalue weighted by atomic mass is 32.2. The van der Waals surface area contributed by atoms with Crippen LogP contribution in [0.3, 0.4) is 0 Å². The normalized spacial score (nSPS) is 16.4. The highest BCUT2D eigenvalue weighted by Gasteiger charge is 2.25. The third-order valence-electron chi connectivity index (χ3n) is 6.66. The minimum Gasteiger partial charge on any atom is -0.379 e. The molecule has 0 spiro atoms. The van der Waals surface area contributed by atoms with Crippen LogP contribution in [-0.2, 0) is 33.0 Å². The number of nitrogens with one attached hydrogen (secondary N) is 1. The highest BCUT2D eigenvalue weighted by molar-refractivity contribution is 7.89. The molecular weight excluding hydrogens is 454 g/mol. The predicted octanol–water partition coefficient (Wildman–Crippen LogP) is 2.01. The van der Waals surface area contributed by atoms with Crippen molar-refractivity contribution in [1.29, 1.82) is 0 Å². The lowest BCUT2D eigenvalue weighted by Crippen LogP contribution is -2.51. The lowest BCUT2D eigenvalue weighted by molar-refractivity contribution is -0.121. The Morgan fingerprint density at radius 3 is 2.50 bits per heavy atom. The molecule has 9 nitrogen and oxygen atoms in total. The van der Waals surface area contributed by atoms with Crippen LogP contribution in [0.1, 0.15) is 39.9 Å². The van der Waals surface area contributed by atoms with Gasteiger partial charge in [0.2, 0.25) is 15.9 Å². The zero-order valence-electron chi connectivity index (χ0n) is 21.1. The van der Waals surface area contributed by atoms with Gasteiger partial charge in [0.15, 0.2) is 0 Å². The van der Waals surface area contributed by atoms with Crippen molar-refractivity contribution in [3.63, 3.8) is 0 Å². The number of aromatic nitrogens is 2. The van der Waals surface area contributed by atoms with E-state index in [-0.39, 0.29) is 16.8 Å². The molecule has 190 valence electrons. The number of carbonyl (C=O) groups excluding carboxylic acids is 1. The number of imidazole rings is 1. The summed E-state index contributed by atoms with van der Waals surface area (Å²) in [5.41, 5.74) is 1.47. The van der Waals surface area contributed by atoms with Crippen LogP contribution in [0.2, 0.25) is 0 Å². The van der Waals surface area contributed by atoms with Crippen molar-refractivity contribution in [3.05, 3.63) is 24.0 Å². The molecule has 1 fully saturated rings. The summed E-state index contributed by atoms with van der Waals surface area (Å²) in [5, 5.41) is 3.10. The van der Waals surface area contributed by atoms with Crippen molar-refractivity contribution in [3.8, 4) is 0 Å². The lowest BCUT2D eigenvalue weighted by Gasteiger charge is -2.36. The van der Waals surface area contributed by atoms with Crippen LogP contribution in [0.15, 0.2) is 23.1 Å². The van der Waals surface area contributed by atoms with Crippen LogP contribution in [0, 0.1) is 5.92 Å². The van der Waals surface area contributed by atoms with E-state index in [9.17, 15) is 13.2 Å². The van der Waals surface area contributed by atoms with Crippen LogP contribution < -0.4 is 5.32 Å². The van der Waals surface area contributed by atoms with Gasteiger partial charge in [-0.05, 0) is 24.1 Å². The van der Waals surface area contributed by atoms with Crippen molar-refractivity contribution in [2.75, 3.05) is 45.9 Å². The zero-order chi connectivity index (χ0) is 24.9. The number of nitrogens with zero attached hydrogens (tertiary/aromatic N) is 4. The SMILES string of the molecule is CCN(CC)S(=O)(=O)c1ccc2c(c1)nc(CCC(=O)NCC(C(C)C)N1CCOCC1)n2C. The number of hydrogen-bond donors (Lipinski definition) is 1. The Kier molecular flexibility index (Phi) is 9.08. The highest BCUT2D eigenvalue weighted by Crippen LogP contribution is 2.23. The number of amides is 1. The Balaban J connectivity index is 1.64. The summed E-state index contributed by atoms with van der Waals surface area (Å²) in [6, 6.07) is 5.33. The first-order chi connectivity index (χ1) is 16.2. The van der Waals surface area contributed by atoms with Gasteiger partial charge in [-0.15, -0.1) is 0 Å².